The van der Waals surface area contributed by atoms with Crippen molar-refractivity contribution in [2.24, 2.45) is 11.8 Å². The van der Waals surface area contributed by atoms with Crippen LogP contribution in [0, 0.1) is 11.8 Å². The Morgan fingerprint density at radius 1 is 0.690 bits per heavy atom. The van der Waals surface area contributed by atoms with Gasteiger partial charge in [0.05, 0.1) is 11.8 Å². The summed E-state index contributed by atoms with van der Waals surface area (Å²) in [6, 6.07) is 25.4. The van der Waals surface area contributed by atoms with Crippen molar-refractivity contribution in [2.75, 3.05) is 11.9 Å². The lowest BCUT2D eigenvalue weighted by atomic mass is 9.54. The molecular formula is C25H21NO3. The van der Waals surface area contributed by atoms with Gasteiger partial charge in [-0.15, -0.1) is 0 Å². The lowest BCUT2D eigenvalue weighted by molar-refractivity contribution is -0.148. The highest BCUT2D eigenvalue weighted by Crippen LogP contribution is 2.58. The average Bonchev–Trinajstić information content (AvgIpc) is 2.78. The van der Waals surface area contributed by atoms with Gasteiger partial charge < -0.3 is 10.0 Å². The molecule has 6 rings (SSSR count). The Hall–Kier alpha value is -3.40. The van der Waals surface area contributed by atoms with E-state index in [2.05, 4.69) is 0 Å². The fraction of sp³-hybridized carbons (Fsp3) is 0.200. The highest BCUT2D eigenvalue weighted by atomic mass is 16.4. The molecule has 0 unspecified atom stereocenters. The Labute approximate surface area is 169 Å². The van der Waals surface area contributed by atoms with Crippen molar-refractivity contribution in [2.45, 2.75) is 11.8 Å². The minimum Gasteiger partial charge on any atom is -0.481 e. The largest absolute Gasteiger partial charge is 0.481 e. The molecule has 144 valence electrons. The van der Waals surface area contributed by atoms with E-state index in [0.717, 1.165) is 27.9 Å². The van der Waals surface area contributed by atoms with Crippen LogP contribution < -0.4 is 4.90 Å². The van der Waals surface area contributed by atoms with Gasteiger partial charge in [0.15, 0.2) is 0 Å². The summed E-state index contributed by atoms with van der Waals surface area (Å²) in [4.78, 5) is 27.8. The number of fused-ring (bicyclic) bond motifs is 1. The molecule has 1 amide bonds. The highest BCUT2D eigenvalue weighted by Gasteiger charge is 2.55. The summed E-state index contributed by atoms with van der Waals surface area (Å²) in [5.41, 5.74) is 5.00. The van der Waals surface area contributed by atoms with Gasteiger partial charge in [-0.25, -0.2) is 0 Å². The molecule has 4 heteroatoms. The summed E-state index contributed by atoms with van der Waals surface area (Å²) in [6.45, 7) is 0. The van der Waals surface area contributed by atoms with Crippen molar-refractivity contribution in [1.29, 1.82) is 0 Å². The molecule has 4 nitrogen and oxygen atoms in total. The lowest BCUT2D eigenvalue weighted by Crippen LogP contribution is -2.50. The van der Waals surface area contributed by atoms with Crippen LogP contribution in [0.25, 0.3) is 0 Å². The molecule has 3 aliphatic carbocycles. The molecular weight excluding hydrogens is 362 g/mol. The number of para-hydroxylation sites is 1. The van der Waals surface area contributed by atoms with E-state index in [0.29, 0.717) is 0 Å². The molecule has 0 aliphatic heterocycles. The minimum absolute atomic E-state index is 0.150. The molecule has 0 spiro atoms. The fourth-order valence-corrected chi connectivity index (χ4v) is 5.27. The highest BCUT2D eigenvalue weighted by molar-refractivity contribution is 5.99. The second kappa shape index (κ2) is 6.59. The summed E-state index contributed by atoms with van der Waals surface area (Å²) >= 11 is 0. The van der Waals surface area contributed by atoms with E-state index in [1.807, 2.05) is 78.9 Å². The van der Waals surface area contributed by atoms with Gasteiger partial charge >= 0.3 is 5.97 Å². The van der Waals surface area contributed by atoms with E-state index < -0.39 is 17.8 Å². The zero-order valence-corrected chi connectivity index (χ0v) is 16.0. The number of carboxylic acid groups (broad SMARTS) is 1. The minimum atomic E-state index is -0.913. The Balaban J connectivity index is 1.70. The topological polar surface area (TPSA) is 57.6 Å². The van der Waals surface area contributed by atoms with Crippen molar-refractivity contribution >= 4 is 17.6 Å². The van der Waals surface area contributed by atoms with Crippen LogP contribution in [-0.4, -0.2) is 24.0 Å². The van der Waals surface area contributed by atoms with Crippen LogP contribution in [0.4, 0.5) is 5.69 Å². The van der Waals surface area contributed by atoms with Gasteiger partial charge in [-0.2, -0.15) is 0 Å². The zero-order valence-electron chi connectivity index (χ0n) is 16.0. The number of hydrogen-bond donors (Lipinski definition) is 1. The van der Waals surface area contributed by atoms with E-state index in [-0.39, 0.29) is 17.7 Å². The first-order chi connectivity index (χ1) is 14.1. The molecule has 2 atom stereocenters. The average molecular weight is 383 g/mol. The Kier molecular flexibility index (Phi) is 4.02. The molecule has 0 radical (unpaired) electrons. The fourth-order valence-electron chi connectivity index (χ4n) is 5.27. The standard InChI is InChI=1S/C25H21NO3/c1-26(15-9-3-2-4-10-15)24(27)22-20-16-11-5-7-13-18(16)21(23(22)25(28)29)19-14-8-6-12-17(19)20/h2-14,20-23H,1H3,(H,28,29)/t20?,21?,22-,23-/m1/s1. The lowest BCUT2D eigenvalue weighted by Gasteiger charge is -2.49. The first kappa shape index (κ1) is 17.7. The van der Waals surface area contributed by atoms with Crippen LogP contribution >= 0.6 is 0 Å². The van der Waals surface area contributed by atoms with Crippen molar-refractivity contribution in [1.82, 2.24) is 0 Å². The van der Waals surface area contributed by atoms with Crippen molar-refractivity contribution < 1.29 is 14.7 Å². The summed E-state index contributed by atoms with van der Waals surface area (Å²) < 4.78 is 0. The second-order valence-corrected chi connectivity index (χ2v) is 7.84. The Morgan fingerprint density at radius 2 is 1.10 bits per heavy atom. The molecule has 0 fully saturated rings. The summed E-state index contributed by atoms with van der Waals surface area (Å²) in [5, 5.41) is 10.2. The molecule has 1 N–H and O–H groups in total. The van der Waals surface area contributed by atoms with E-state index in [4.69, 9.17) is 0 Å². The quantitative estimate of drug-likeness (QED) is 0.735. The van der Waals surface area contributed by atoms with Crippen LogP contribution in [0.3, 0.4) is 0 Å². The third-order valence-electron chi connectivity index (χ3n) is 6.48. The van der Waals surface area contributed by atoms with Crippen LogP contribution in [0.15, 0.2) is 78.9 Å². The Bertz CT molecular complexity index is 1060. The predicted octanol–water partition coefficient (Wildman–Crippen LogP) is 4.26. The van der Waals surface area contributed by atoms with E-state index in [9.17, 15) is 14.7 Å². The number of anilines is 1. The number of carbonyl (C=O) groups excluding carboxylic acids is 1. The van der Waals surface area contributed by atoms with Crippen LogP contribution in [0.1, 0.15) is 34.1 Å². The van der Waals surface area contributed by atoms with Crippen LogP contribution in [0.2, 0.25) is 0 Å². The molecule has 3 aromatic carbocycles. The van der Waals surface area contributed by atoms with E-state index in [1.54, 1.807) is 11.9 Å². The maximum atomic E-state index is 13.7. The van der Waals surface area contributed by atoms with Gasteiger partial charge in [-0.05, 0) is 34.4 Å². The maximum absolute atomic E-state index is 13.7. The molecule has 29 heavy (non-hydrogen) atoms. The maximum Gasteiger partial charge on any atom is 0.308 e. The van der Waals surface area contributed by atoms with Crippen LogP contribution in [-0.2, 0) is 9.59 Å². The molecule has 2 bridgehead atoms. The number of carbonyl (C=O) groups is 2. The second-order valence-electron chi connectivity index (χ2n) is 7.84. The monoisotopic (exact) mass is 383 g/mol. The number of carboxylic acids is 1. The van der Waals surface area contributed by atoms with Gasteiger partial charge in [0, 0.05) is 24.6 Å². The first-order valence-corrected chi connectivity index (χ1v) is 9.82. The summed E-state index contributed by atoms with van der Waals surface area (Å²) in [5.74, 6) is -3.07. The third-order valence-corrected chi connectivity index (χ3v) is 6.48. The molecule has 0 saturated carbocycles. The van der Waals surface area contributed by atoms with E-state index in [1.165, 1.54) is 0 Å². The van der Waals surface area contributed by atoms with Crippen molar-refractivity contribution in [3.05, 3.63) is 101 Å². The zero-order chi connectivity index (χ0) is 20.1. The number of amides is 1. The molecule has 0 saturated heterocycles. The molecule has 0 aromatic heterocycles. The SMILES string of the molecule is CN(C(=O)[C@@H]1C2c3ccccc3C(c3ccccc32)[C@H]1C(=O)O)c1ccccc1. The van der Waals surface area contributed by atoms with Gasteiger partial charge in [0.25, 0.3) is 0 Å². The first-order valence-electron chi connectivity index (χ1n) is 9.82. The number of benzene rings is 3. The smallest absolute Gasteiger partial charge is 0.308 e. The van der Waals surface area contributed by atoms with Crippen molar-refractivity contribution in [3.8, 4) is 0 Å². The number of nitrogens with zero attached hydrogens (tertiary/aromatic N) is 1. The number of rotatable bonds is 3. The molecule has 3 aliphatic rings. The summed E-state index contributed by atoms with van der Waals surface area (Å²) in [6.07, 6.45) is 0. The molecule has 3 aromatic rings. The van der Waals surface area contributed by atoms with Crippen molar-refractivity contribution in [3.63, 3.8) is 0 Å². The summed E-state index contributed by atoms with van der Waals surface area (Å²) in [7, 11) is 1.73. The third kappa shape index (κ3) is 2.52. The number of hydrogen-bond acceptors (Lipinski definition) is 2. The Morgan fingerprint density at radius 3 is 1.55 bits per heavy atom. The van der Waals surface area contributed by atoms with Crippen LogP contribution in [0.5, 0.6) is 0 Å². The predicted molar refractivity (Wildman–Crippen MR) is 111 cm³/mol. The van der Waals surface area contributed by atoms with Gasteiger partial charge in [0.1, 0.15) is 0 Å². The number of aliphatic carboxylic acids is 1. The van der Waals surface area contributed by atoms with Gasteiger partial charge in [-0.3, -0.25) is 9.59 Å². The molecule has 0 heterocycles. The van der Waals surface area contributed by atoms with Gasteiger partial charge in [0.2, 0.25) is 5.91 Å². The van der Waals surface area contributed by atoms with E-state index >= 15 is 0 Å². The normalized spacial score (nSPS) is 23.8. The van der Waals surface area contributed by atoms with Gasteiger partial charge in [-0.1, -0.05) is 66.7 Å².